The molecule has 1 atom stereocenters. The van der Waals surface area contributed by atoms with Crippen molar-refractivity contribution in [1.82, 2.24) is 24.6 Å². The van der Waals surface area contributed by atoms with Crippen molar-refractivity contribution in [2.75, 3.05) is 18.8 Å². The van der Waals surface area contributed by atoms with Gasteiger partial charge in [0.2, 0.25) is 0 Å². The molecular formula is C35H33FN6O5. The van der Waals surface area contributed by atoms with Gasteiger partial charge >= 0.3 is 5.63 Å². The van der Waals surface area contributed by atoms with E-state index in [1.807, 2.05) is 37.3 Å². The third kappa shape index (κ3) is 6.27. The first-order valence-electron chi connectivity index (χ1n) is 15.2. The van der Waals surface area contributed by atoms with Crippen LogP contribution in [0, 0.1) is 5.82 Å². The van der Waals surface area contributed by atoms with E-state index in [0.717, 1.165) is 42.2 Å². The fourth-order valence-corrected chi connectivity index (χ4v) is 6.30. The highest BCUT2D eigenvalue weighted by atomic mass is 19.1. The van der Waals surface area contributed by atoms with Gasteiger partial charge in [-0.05, 0) is 68.2 Å². The van der Waals surface area contributed by atoms with Gasteiger partial charge in [-0.15, -0.1) is 0 Å². The minimum Gasteiger partial charge on any atom is -0.508 e. The number of nitrogen functional groups attached to an aromatic ring is 1. The summed E-state index contributed by atoms with van der Waals surface area (Å²) in [6.45, 7) is 4.62. The van der Waals surface area contributed by atoms with Gasteiger partial charge in [-0.1, -0.05) is 42.8 Å². The standard InChI is InChI=1S/C34H31FN6O3.CH2O2/c1-20(41-33-29(32(36)37-19-38-33)30(39-41)23-15-24(35)17-25(42)16-23)31-28(26-10-3-4-11-27(26)34(43)44-31)22-9-7-8-21(14-22)18-40-12-5-2-6-13-40;2-1-3/h3-4,7-11,14-17,19-20,42H,2,5-6,12-13,18H2,1H3,(H2,36,37,38);1H,(H,2,3). The van der Waals surface area contributed by atoms with Crippen molar-refractivity contribution in [3.8, 4) is 28.1 Å². The van der Waals surface area contributed by atoms with E-state index in [0.29, 0.717) is 33.4 Å². The zero-order valence-corrected chi connectivity index (χ0v) is 25.6. The predicted molar refractivity (Wildman–Crippen MR) is 176 cm³/mol. The lowest BCUT2D eigenvalue weighted by molar-refractivity contribution is -0.122. The number of carboxylic acid groups (broad SMARTS) is 1. The molecule has 1 fully saturated rings. The van der Waals surface area contributed by atoms with Crippen LogP contribution in [-0.2, 0) is 11.3 Å². The Morgan fingerprint density at radius 3 is 2.49 bits per heavy atom. The summed E-state index contributed by atoms with van der Waals surface area (Å²) in [5, 5.41) is 23.5. The number of anilines is 1. The number of likely N-dealkylation sites (tertiary alicyclic amines) is 1. The van der Waals surface area contributed by atoms with Crippen molar-refractivity contribution in [2.24, 2.45) is 0 Å². The molecule has 0 bridgehead atoms. The number of nitrogens with zero attached hydrogens (tertiary/aromatic N) is 5. The summed E-state index contributed by atoms with van der Waals surface area (Å²) in [5.74, 6) is -0.325. The lowest BCUT2D eigenvalue weighted by Gasteiger charge is -2.26. The monoisotopic (exact) mass is 636 g/mol. The Bertz CT molecular complexity index is 2120. The number of fused-ring (bicyclic) bond motifs is 2. The molecule has 1 unspecified atom stereocenters. The van der Waals surface area contributed by atoms with Crippen LogP contribution in [0.2, 0.25) is 0 Å². The SMILES string of the molecule is CC(c1oc(=O)c2ccccc2c1-c1cccc(CN2CCCCC2)c1)n1nc(-c2cc(O)cc(F)c2)c2c(N)ncnc21.O=CO. The number of carbonyl (C=O) groups is 1. The first kappa shape index (κ1) is 31.4. The van der Waals surface area contributed by atoms with Crippen molar-refractivity contribution < 1.29 is 23.8 Å². The van der Waals surface area contributed by atoms with Crippen LogP contribution in [0.15, 0.2) is 82.3 Å². The quantitative estimate of drug-likeness (QED) is 0.185. The molecule has 0 spiro atoms. The van der Waals surface area contributed by atoms with Crippen LogP contribution in [-0.4, -0.2) is 54.4 Å². The number of phenolic OH excluding ortho intramolecular Hbond substituents is 1. The summed E-state index contributed by atoms with van der Waals surface area (Å²) < 4.78 is 22.1. The van der Waals surface area contributed by atoms with Gasteiger partial charge < -0.3 is 20.4 Å². The lowest BCUT2D eigenvalue weighted by Crippen LogP contribution is -2.29. The fourth-order valence-electron chi connectivity index (χ4n) is 6.30. The lowest BCUT2D eigenvalue weighted by atomic mass is 9.94. The fraction of sp³-hybridized carbons (Fsp3) is 0.229. The van der Waals surface area contributed by atoms with E-state index < -0.39 is 17.5 Å². The molecule has 0 aliphatic carbocycles. The Kier molecular flexibility index (Phi) is 8.94. The molecule has 1 saturated heterocycles. The molecule has 0 amide bonds. The van der Waals surface area contributed by atoms with Gasteiger partial charge in [0.05, 0.1) is 10.8 Å². The molecule has 7 rings (SSSR count). The van der Waals surface area contributed by atoms with Crippen LogP contribution >= 0.6 is 0 Å². The molecule has 4 heterocycles. The molecule has 12 heteroatoms. The van der Waals surface area contributed by atoms with Gasteiger partial charge in [0.15, 0.2) is 5.65 Å². The molecule has 47 heavy (non-hydrogen) atoms. The number of halogens is 1. The van der Waals surface area contributed by atoms with E-state index in [-0.39, 0.29) is 18.0 Å². The first-order chi connectivity index (χ1) is 22.8. The van der Waals surface area contributed by atoms with Crippen molar-refractivity contribution in [2.45, 2.75) is 38.8 Å². The molecule has 4 N–H and O–H groups in total. The third-order valence-electron chi connectivity index (χ3n) is 8.36. The average molecular weight is 637 g/mol. The van der Waals surface area contributed by atoms with Crippen LogP contribution in [0.1, 0.15) is 43.6 Å². The predicted octanol–water partition coefficient (Wildman–Crippen LogP) is 5.99. The topological polar surface area (TPSA) is 161 Å². The molecule has 11 nitrogen and oxygen atoms in total. The number of aromatic hydroxyl groups is 1. The number of rotatable bonds is 6. The minimum atomic E-state index is -0.638. The number of hydrogen-bond acceptors (Lipinski definition) is 9. The smallest absolute Gasteiger partial charge is 0.343 e. The average Bonchev–Trinajstić information content (AvgIpc) is 3.46. The maximum atomic E-state index is 14.3. The maximum Gasteiger partial charge on any atom is 0.343 e. The van der Waals surface area contributed by atoms with Crippen molar-refractivity contribution in [3.05, 3.63) is 101 Å². The Hall–Kier alpha value is -5.62. The van der Waals surface area contributed by atoms with Gasteiger partial charge in [0.25, 0.3) is 6.47 Å². The Labute approximate surface area is 268 Å². The van der Waals surface area contributed by atoms with Gasteiger partial charge in [0, 0.05) is 29.1 Å². The van der Waals surface area contributed by atoms with E-state index in [1.165, 1.54) is 43.3 Å². The van der Waals surface area contributed by atoms with E-state index in [9.17, 15) is 14.3 Å². The number of hydrogen-bond donors (Lipinski definition) is 3. The second-order valence-electron chi connectivity index (χ2n) is 11.4. The normalized spacial score (nSPS) is 14.1. The molecule has 240 valence electrons. The molecule has 1 aliphatic rings. The number of aromatic nitrogens is 4. The summed E-state index contributed by atoms with van der Waals surface area (Å²) in [7, 11) is 0. The summed E-state index contributed by atoms with van der Waals surface area (Å²) in [4.78, 5) is 32.8. The summed E-state index contributed by atoms with van der Waals surface area (Å²) in [6, 6.07) is 18.8. The molecule has 6 aromatic rings. The highest BCUT2D eigenvalue weighted by Gasteiger charge is 2.27. The Morgan fingerprint density at radius 1 is 1.00 bits per heavy atom. The number of piperidine rings is 1. The van der Waals surface area contributed by atoms with Gasteiger partial charge in [-0.3, -0.25) is 9.69 Å². The minimum absolute atomic E-state index is 0.151. The van der Waals surface area contributed by atoms with Crippen LogP contribution in [0.25, 0.3) is 44.2 Å². The molecule has 3 aromatic heterocycles. The third-order valence-corrected chi connectivity index (χ3v) is 8.36. The highest BCUT2D eigenvalue weighted by molar-refractivity contribution is 5.99. The van der Waals surface area contributed by atoms with Gasteiger partial charge in [-0.2, -0.15) is 5.10 Å². The van der Waals surface area contributed by atoms with E-state index in [1.54, 1.807) is 10.7 Å². The summed E-state index contributed by atoms with van der Waals surface area (Å²) in [5.41, 5.74) is 9.70. The van der Waals surface area contributed by atoms with E-state index >= 15 is 0 Å². The van der Waals surface area contributed by atoms with Gasteiger partial charge in [0.1, 0.15) is 41.2 Å². The zero-order chi connectivity index (χ0) is 33.1. The largest absolute Gasteiger partial charge is 0.508 e. The van der Waals surface area contributed by atoms with Crippen molar-refractivity contribution in [3.63, 3.8) is 0 Å². The molecule has 0 radical (unpaired) electrons. The second-order valence-corrected chi connectivity index (χ2v) is 11.4. The molecule has 1 aliphatic heterocycles. The maximum absolute atomic E-state index is 14.3. The van der Waals surface area contributed by atoms with E-state index in [4.69, 9.17) is 25.2 Å². The second kappa shape index (κ2) is 13.4. The van der Waals surface area contributed by atoms with Crippen molar-refractivity contribution >= 4 is 34.1 Å². The van der Waals surface area contributed by atoms with E-state index in [2.05, 4.69) is 27.0 Å². The summed E-state index contributed by atoms with van der Waals surface area (Å²) in [6.07, 6.45) is 5.02. The van der Waals surface area contributed by atoms with Crippen LogP contribution in [0.4, 0.5) is 10.2 Å². The van der Waals surface area contributed by atoms with Crippen LogP contribution < -0.4 is 11.4 Å². The summed E-state index contributed by atoms with van der Waals surface area (Å²) >= 11 is 0. The Morgan fingerprint density at radius 2 is 1.74 bits per heavy atom. The zero-order valence-electron chi connectivity index (χ0n) is 25.6. The molecular weight excluding hydrogens is 603 g/mol. The van der Waals surface area contributed by atoms with Crippen LogP contribution in [0.5, 0.6) is 5.75 Å². The highest BCUT2D eigenvalue weighted by Crippen LogP contribution is 2.39. The molecule has 3 aromatic carbocycles. The van der Waals surface area contributed by atoms with Crippen molar-refractivity contribution in [1.29, 1.82) is 0 Å². The Balaban J connectivity index is 0.00000124. The number of phenols is 1. The number of benzene rings is 3. The molecule has 0 saturated carbocycles. The number of nitrogens with two attached hydrogens (primary N) is 1. The van der Waals surface area contributed by atoms with Gasteiger partial charge in [-0.25, -0.2) is 23.8 Å². The first-order valence-corrected chi connectivity index (χ1v) is 15.2. The van der Waals surface area contributed by atoms with Crippen LogP contribution in [0.3, 0.4) is 0 Å².